The van der Waals surface area contributed by atoms with Gasteiger partial charge in [-0.2, -0.15) is 35.1 Å². The Morgan fingerprint density at radius 3 is 2.14 bits per heavy atom. The first kappa shape index (κ1) is 32.2. The molecule has 1 N–H and O–H groups in total. The minimum absolute atomic E-state index is 0.0703. The molecule has 0 radical (unpaired) electrons. The van der Waals surface area contributed by atoms with Crippen LogP contribution in [0.25, 0.3) is 0 Å². The number of carbonyl (C=O) groups excluding carboxylic acids is 2. The number of hydrogen-bond acceptors (Lipinski definition) is 3. The van der Waals surface area contributed by atoms with Gasteiger partial charge < -0.3 is 15.0 Å². The highest BCUT2D eigenvalue weighted by molar-refractivity contribution is 9.10. The Hall–Kier alpha value is -3.75. The van der Waals surface area contributed by atoms with E-state index in [0.717, 1.165) is 23.8 Å². The van der Waals surface area contributed by atoms with Gasteiger partial charge in [0.1, 0.15) is 0 Å². The molecule has 1 aliphatic rings. The molecule has 0 aliphatic heterocycles. The van der Waals surface area contributed by atoms with Crippen LogP contribution in [0.5, 0.6) is 5.75 Å². The van der Waals surface area contributed by atoms with Crippen LogP contribution in [-0.4, -0.2) is 37.3 Å². The zero-order chi connectivity index (χ0) is 31.7. The molecule has 0 saturated heterocycles. The van der Waals surface area contributed by atoms with E-state index >= 15 is 4.39 Å². The lowest BCUT2D eigenvalue weighted by atomic mass is 9.97. The molecule has 0 heterocycles. The molecule has 0 aromatic heterocycles. The number of nitrogens with one attached hydrogen (secondary N) is 1. The number of rotatable bonds is 9. The third kappa shape index (κ3) is 7.61. The third-order valence-electron chi connectivity index (χ3n) is 6.44. The maximum atomic E-state index is 15.8. The fourth-order valence-electron chi connectivity index (χ4n) is 4.31. The van der Waals surface area contributed by atoms with Gasteiger partial charge in [-0.3, -0.25) is 9.59 Å². The number of nitrogens with zero attached hydrogens (tertiary/aromatic N) is 1. The second kappa shape index (κ2) is 12.5. The van der Waals surface area contributed by atoms with Gasteiger partial charge in [-0.05, 0) is 76.7 Å². The smallest absolute Gasteiger partial charge is 0.404 e. The number of halogens is 10. The van der Waals surface area contributed by atoms with Gasteiger partial charge in [0.2, 0.25) is 0 Å². The van der Waals surface area contributed by atoms with Gasteiger partial charge in [-0.25, -0.2) is 4.39 Å². The van der Waals surface area contributed by atoms with Crippen molar-refractivity contribution in [1.29, 1.82) is 0 Å². The fraction of sp³-hybridized carbons (Fsp3) is 0.286. The molecule has 3 aromatic carbocycles. The summed E-state index contributed by atoms with van der Waals surface area (Å²) < 4.78 is 125. The molecule has 1 saturated carbocycles. The van der Waals surface area contributed by atoms with E-state index < -0.39 is 69.6 Å². The summed E-state index contributed by atoms with van der Waals surface area (Å²) in [6.07, 6.45) is -10.1. The van der Waals surface area contributed by atoms with Crippen LogP contribution < -0.4 is 15.0 Å². The third-order valence-corrected chi connectivity index (χ3v) is 7.06. The largest absolute Gasteiger partial charge is 0.433 e. The summed E-state index contributed by atoms with van der Waals surface area (Å²) in [5.74, 6) is -8.26. The number of benzene rings is 3. The van der Waals surface area contributed by atoms with Crippen LogP contribution in [0.2, 0.25) is 0 Å². The maximum Gasteiger partial charge on any atom is 0.404 e. The zero-order valence-corrected chi connectivity index (χ0v) is 23.2. The molecular weight excluding hydrogens is 663 g/mol. The van der Waals surface area contributed by atoms with Crippen LogP contribution >= 0.6 is 15.9 Å². The van der Waals surface area contributed by atoms with Crippen molar-refractivity contribution in [2.75, 3.05) is 16.8 Å². The average molecular weight is 683 g/mol. The molecule has 0 atom stereocenters. The standard InChI is InChI=1S/C28H20BrF9N2O3/c29-18-11-16(23(27(33,34)35)28(36,37)38)12-20(43-26(31)32)22(18)39-24(41)17-7-4-8-19(21(17)30)40(13-14-9-10-14)25(42)15-5-2-1-3-6-15/h1-8,11-12,14,23,26H,9-10,13H2,(H,39,41). The second-order valence-electron chi connectivity index (χ2n) is 9.59. The average Bonchev–Trinajstić information content (AvgIpc) is 3.72. The molecule has 43 heavy (non-hydrogen) atoms. The molecule has 5 nitrogen and oxygen atoms in total. The Balaban J connectivity index is 1.72. The SMILES string of the molecule is O=C(Nc1c(Br)cc(C(C(F)(F)F)C(F)(F)F)cc1OC(F)F)c1cccc(N(CC2CC2)C(=O)c2ccccc2)c1F. The molecule has 1 fully saturated rings. The first-order chi connectivity index (χ1) is 20.1. The van der Waals surface area contributed by atoms with E-state index in [2.05, 4.69) is 20.7 Å². The number of alkyl halides is 8. The lowest BCUT2D eigenvalue weighted by molar-refractivity contribution is -0.253. The maximum absolute atomic E-state index is 15.8. The van der Waals surface area contributed by atoms with Crippen molar-refractivity contribution >= 4 is 39.1 Å². The molecule has 3 aromatic rings. The normalized spacial score (nSPS) is 13.8. The predicted molar refractivity (Wildman–Crippen MR) is 141 cm³/mol. The first-order valence-electron chi connectivity index (χ1n) is 12.5. The monoisotopic (exact) mass is 682 g/mol. The van der Waals surface area contributed by atoms with Gasteiger partial charge in [-0.15, -0.1) is 0 Å². The zero-order valence-electron chi connectivity index (χ0n) is 21.6. The molecule has 4 rings (SSSR count). The highest BCUT2D eigenvalue weighted by Gasteiger charge is 2.57. The van der Waals surface area contributed by atoms with Crippen molar-refractivity contribution in [2.45, 2.75) is 37.7 Å². The van der Waals surface area contributed by atoms with Gasteiger partial charge >= 0.3 is 19.0 Å². The summed E-state index contributed by atoms with van der Waals surface area (Å²) in [6.45, 7) is -3.58. The topological polar surface area (TPSA) is 58.6 Å². The summed E-state index contributed by atoms with van der Waals surface area (Å²) in [4.78, 5) is 27.5. The Kier molecular flexibility index (Phi) is 9.33. The van der Waals surface area contributed by atoms with E-state index in [4.69, 9.17) is 0 Å². The van der Waals surface area contributed by atoms with Gasteiger partial charge in [0.25, 0.3) is 11.8 Å². The highest BCUT2D eigenvalue weighted by Crippen LogP contribution is 2.49. The molecular formula is C28H20BrF9N2O3. The summed E-state index contributed by atoms with van der Waals surface area (Å²) in [6, 6.07) is 11.8. The summed E-state index contributed by atoms with van der Waals surface area (Å²) in [5.41, 5.74) is -3.00. The summed E-state index contributed by atoms with van der Waals surface area (Å²) in [5, 5.41) is 2.02. The van der Waals surface area contributed by atoms with Crippen LogP contribution in [-0.2, 0) is 0 Å². The van der Waals surface area contributed by atoms with Crippen LogP contribution in [0.3, 0.4) is 0 Å². The number of hydrogen-bond donors (Lipinski definition) is 1. The van der Waals surface area contributed by atoms with Gasteiger partial charge in [0.05, 0.1) is 16.9 Å². The minimum atomic E-state index is -5.85. The van der Waals surface area contributed by atoms with Crippen molar-refractivity contribution < 1.29 is 53.8 Å². The van der Waals surface area contributed by atoms with Crippen molar-refractivity contribution in [3.8, 4) is 5.75 Å². The Morgan fingerprint density at radius 1 is 0.953 bits per heavy atom. The van der Waals surface area contributed by atoms with E-state index in [1.165, 1.54) is 24.3 Å². The van der Waals surface area contributed by atoms with E-state index in [1.807, 2.05) is 5.32 Å². The van der Waals surface area contributed by atoms with Crippen LogP contribution in [0.4, 0.5) is 50.9 Å². The molecule has 0 bridgehead atoms. The minimum Gasteiger partial charge on any atom is -0.433 e. The van der Waals surface area contributed by atoms with E-state index in [1.54, 1.807) is 18.2 Å². The predicted octanol–water partition coefficient (Wildman–Crippen LogP) is 8.71. The number of ether oxygens (including phenoxy) is 1. The number of anilines is 2. The van der Waals surface area contributed by atoms with Gasteiger partial charge in [0.15, 0.2) is 17.5 Å². The molecule has 2 amide bonds. The molecule has 15 heteroatoms. The van der Waals surface area contributed by atoms with Crippen molar-refractivity contribution in [3.63, 3.8) is 0 Å². The van der Waals surface area contributed by atoms with Crippen molar-refractivity contribution in [1.82, 2.24) is 0 Å². The van der Waals surface area contributed by atoms with Crippen LogP contribution in [0.15, 0.2) is 65.1 Å². The van der Waals surface area contributed by atoms with Gasteiger partial charge in [-0.1, -0.05) is 24.3 Å². The number of amides is 2. The number of carbonyl (C=O) groups is 2. The lowest BCUT2D eigenvalue weighted by Crippen LogP contribution is -2.34. The Labute approximate surface area is 246 Å². The van der Waals surface area contributed by atoms with E-state index in [0.29, 0.717) is 6.07 Å². The highest BCUT2D eigenvalue weighted by atomic mass is 79.9. The van der Waals surface area contributed by atoms with Crippen molar-refractivity contribution in [3.05, 3.63) is 87.6 Å². The summed E-state index contributed by atoms with van der Waals surface area (Å²) >= 11 is 2.71. The molecule has 1 aliphatic carbocycles. The quantitative estimate of drug-likeness (QED) is 0.230. The fourth-order valence-corrected chi connectivity index (χ4v) is 4.87. The molecule has 230 valence electrons. The summed E-state index contributed by atoms with van der Waals surface area (Å²) in [7, 11) is 0. The molecule has 0 unspecified atom stereocenters. The Morgan fingerprint density at radius 2 is 1.58 bits per heavy atom. The Bertz CT molecular complexity index is 1480. The molecule has 0 spiro atoms. The van der Waals surface area contributed by atoms with E-state index in [9.17, 15) is 44.7 Å². The lowest BCUT2D eigenvalue weighted by Gasteiger charge is -2.25. The van der Waals surface area contributed by atoms with Crippen LogP contribution in [0, 0.1) is 11.7 Å². The first-order valence-corrected chi connectivity index (χ1v) is 13.3. The second-order valence-corrected chi connectivity index (χ2v) is 10.4. The van der Waals surface area contributed by atoms with E-state index in [-0.39, 0.29) is 29.8 Å². The van der Waals surface area contributed by atoms with Crippen LogP contribution in [0.1, 0.15) is 45.0 Å². The van der Waals surface area contributed by atoms with Gasteiger partial charge in [0, 0.05) is 16.6 Å². The van der Waals surface area contributed by atoms with Crippen molar-refractivity contribution in [2.24, 2.45) is 5.92 Å².